The molecule has 0 radical (unpaired) electrons. The molecule has 0 bridgehead atoms. The van der Waals surface area contributed by atoms with Gasteiger partial charge in [-0.1, -0.05) is 294 Å². The summed E-state index contributed by atoms with van der Waals surface area (Å²) in [5, 5.41) is 23.2. The summed E-state index contributed by atoms with van der Waals surface area (Å²) in [7, 11) is 0. The number of hydrogen-bond acceptors (Lipinski definition) is 3. The summed E-state index contributed by atoms with van der Waals surface area (Å²) in [6.07, 6.45) is 76.1. The Morgan fingerprint density at radius 1 is 0.359 bits per heavy atom. The molecule has 0 fully saturated rings. The van der Waals surface area contributed by atoms with Gasteiger partial charge in [0.15, 0.2) is 0 Å². The second-order valence-corrected chi connectivity index (χ2v) is 20.1. The van der Waals surface area contributed by atoms with Gasteiger partial charge in [-0.25, -0.2) is 0 Å². The SMILES string of the molecule is CCCCCCCCCC/C=C\CCCCCCCCCCCCCCCCCC(=O)NC(CO)C(O)/C=C/CC/C=C/CCCCCCCCCCCCCCCCCCCCC. The fourth-order valence-electron chi connectivity index (χ4n) is 9.13. The van der Waals surface area contributed by atoms with Gasteiger partial charge < -0.3 is 15.5 Å². The summed E-state index contributed by atoms with van der Waals surface area (Å²) >= 11 is 0. The van der Waals surface area contributed by atoms with Gasteiger partial charge in [0.2, 0.25) is 5.91 Å². The zero-order valence-electron chi connectivity index (χ0n) is 43.6. The molecule has 0 aliphatic heterocycles. The third-order valence-electron chi connectivity index (χ3n) is 13.6. The van der Waals surface area contributed by atoms with Gasteiger partial charge in [0.1, 0.15) is 0 Å². The van der Waals surface area contributed by atoms with Crippen LogP contribution in [-0.2, 0) is 4.79 Å². The number of hydrogen-bond donors (Lipinski definition) is 3. The van der Waals surface area contributed by atoms with Crippen molar-refractivity contribution in [3.05, 3.63) is 36.5 Å². The Labute approximate surface area is 402 Å². The van der Waals surface area contributed by atoms with E-state index in [1.54, 1.807) is 6.08 Å². The van der Waals surface area contributed by atoms with Crippen LogP contribution in [0, 0.1) is 0 Å². The number of allylic oxidation sites excluding steroid dienone is 5. The molecule has 0 heterocycles. The van der Waals surface area contributed by atoms with Crippen molar-refractivity contribution in [1.29, 1.82) is 0 Å². The maximum atomic E-state index is 12.5. The monoisotopic (exact) mass is 898 g/mol. The average Bonchev–Trinajstić information content (AvgIpc) is 3.30. The minimum Gasteiger partial charge on any atom is -0.394 e. The van der Waals surface area contributed by atoms with E-state index in [4.69, 9.17) is 0 Å². The lowest BCUT2D eigenvalue weighted by Gasteiger charge is -2.19. The van der Waals surface area contributed by atoms with Crippen molar-refractivity contribution in [3.63, 3.8) is 0 Å². The lowest BCUT2D eigenvalue weighted by Crippen LogP contribution is -2.45. The molecular weight excluding hydrogens is 783 g/mol. The summed E-state index contributed by atoms with van der Waals surface area (Å²) in [5.41, 5.74) is 0. The molecule has 0 aliphatic rings. The van der Waals surface area contributed by atoms with Crippen LogP contribution in [0.15, 0.2) is 36.5 Å². The number of unbranched alkanes of at least 4 members (excludes halogenated alkanes) is 43. The molecule has 0 saturated carbocycles. The van der Waals surface area contributed by atoms with E-state index in [1.165, 1.54) is 270 Å². The highest BCUT2D eigenvalue weighted by Crippen LogP contribution is 2.17. The first-order valence-corrected chi connectivity index (χ1v) is 29.2. The van der Waals surface area contributed by atoms with E-state index in [2.05, 4.69) is 43.5 Å². The minimum atomic E-state index is -0.862. The Hall–Kier alpha value is -1.39. The van der Waals surface area contributed by atoms with Gasteiger partial charge in [-0.05, 0) is 57.8 Å². The largest absolute Gasteiger partial charge is 0.394 e. The Kier molecular flexibility index (Phi) is 54.7. The van der Waals surface area contributed by atoms with E-state index >= 15 is 0 Å². The lowest BCUT2D eigenvalue weighted by atomic mass is 10.0. The second-order valence-electron chi connectivity index (χ2n) is 20.1. The highest BCUT2D eigenvalue weighted by molar-refractivity contribution is 5.76. The number of rotatable bonds is 54. The van der Waals surface area contributed by atoms with E-state index in [0.29, 0.717) is 6.42 Å². The first-order valence-electron chi connectivity index (χ1n) is 29.2. The molecule has 0 aliphatic carbocycles. The second kappa shape index (κ2) is 55.9. The number of aliphatic hydroxyl groups excluding tert-OH is 2. The van der Waals surface area contributed by atoms with Crippen molar-refractivity contribution < 1.29 is 15.0 Å². The average molecular weight is 899 g/mol. The molecule has 0 rings (SSSR count). The summed E-state index contributed by atoms with van der Waals surface area (Å²) < 4.78 is 0. The molecule has 0 aromatic heterocycles. The quantitative estimate of drug-likeness (QED) is 0.0421. The highest BCUT2D eigenvalue weighted by Gasteiger charge is 2.18. The molecule has 3 N–H and O–H groups in total. The fourth-order valence-corrected chi connectivity index (χ4v) is 9.13. The highest BCUT2D eigenvalue weighted by atomic mass is 16.3. The van der Waals surface area contributed by atoms with Crippen LogP contribution in [0.2, 0.25) is 0 Å². The molecular formula is C60H115NO3. The zero-order chi connectivity index (χ0) is 46.3. The van der Waals surface area contributed by atoms with Gasteiger partial charge in [0.05, 0.1) is 18.8 Å². The predicted molar refractivity (Wildman–Crippen MR) is 285 cm³/mol. The molecule has 0 saturated heterocycles. The molecule has 2 atom stereocenters. The molecule has 2 unspecified atom stereocenters. The standard InChI is InChI=1S/C60H115NO3/c1-3-5-7-9-11-13-15-17-19-21-23-25-27-29-30-32-34-36-38-40-42-44-46-48-50-52-54-56-60(64)61-58(57-62)59(63)55-53-51-49-47-45-43-41-39-37-35-33-31-28-26-24-22-20-18-16-14-12-10-8-6-4-2/h21,23,45,47,53,55,58-59,62-63H,3-20,22,24-44,46,48-52,54,56-57H2,1-2H3,(H,61,64)/b23-21-,47-45+,55-53+. The number of carbonyl (C=O) groups excluding carboxylic acids is 1. The molecule has 0 aromatic rings. The van der Waals surface area contributed by atoms with Crippen molar-refractivity contribution in [3.8, 4) is 0 Å². The number of nitrogens with one attached hydrogen (secondary N) is 1. The van der Waals surface area contributed by atoms with E-state index in [-0.39, 0.29) is 12.5 Å². The van der Waals surface area contributed by atoms with Crippen LogP contribution in [0.3, 0.4) is 0 Å². The molecule has 64 heavy (non-hydrogen) atoms. The summed E-state index contributed by atoms with van der Waals surface area (Å²) in [4.78, 5) is 12.5. The third kappa shape index (κ3) is 51.6. The summed E-state index contributed by atoms with van der Waals surface area (Å²) in [5.74, 6) is -0.0685. The summed E-state index contributed by atoms with van der Waals surface area (Å²) in [6, 6.07) is -0.639. The van der Waals surface area contributed by atoms with Gasteiger partial charge in [-0.15, -0.1) is 0 Å². The topological polar surface area (TPSA) is 69.6 Å². The van der Waals surface area contributed by atoms with E-state index in [1.807, 2.05) is 6.08 Å². The van der Waals surface area contributed by atoms with E-state index in [9.17, 15) is 15.0 Å². The van der Waals surface area contributed by atoms with E-state index in [0.717, 1.165) is 32.1 Å². The van der Waals surface area contributed by atoms with Crippen LogP contribution in [0.25, 0.3) is 0 Å². The Morgan fingerprint density at radius 2 is 0.609 bits per heavy atom. The number of aliphatic hydroxyl groups is 2. The van der Waals surface area contributed by atoms with Crippen molar-refractivity contribution >= 4 is 5.91 Å². The third-order valence-corrected chi connectivity index (χ3v) is 13.6. The van der Waals surface area contributed by atoms with Gasteiger partial charge >= 0.3 is 0 Å². The van der Waals surface area contributed by atoms with Crippen LogP contribution in [-0.4, -0.2) is 34.9 Å². The van der Waals surface area contributed by atoms with Crippen LogP contribution in [0.5, 0.6) is 0 Å². The fraction of sp³-hybridized carbons (Fsp3) is 0.883. The maximum Gasteiger partial charge on any atom is 0.220 e. The van der Waals surface area contributed by atoms with Crippen molar-refractivity contribution in [2.75, 3.05) is 6.61 Å². The van der Waals surface area contributed by atoms with Crippen LogP contribution >= 0.6 is 0 Å². The Morgan fingerprint density at radius 3 is 0.906 bits per heavy atom. The zero-order valence-corrected chi connectivity index (χ0v) is 43.6. The van der Waals surface area contributed by atoms with Gasteiger partial charge in [0, 0.05) is 6.42 Å². The number of carbonyl (C=O) groups is 1. The minimum absolute atomic E-state index is 0.0685. The predicted octanol–water partition coefficient (Wildman–Crippen LogP) is 19.3. The summed E-state index contributed by atoms with van der Waals surface area (Å²) in [6.45, 7) is 4.33. The molecule has 378 valence electrons. The van der Waals surface area contributed by atoms with Crippen LogP contribution < -0.4 is 5.32 Å². The smallest absolute Gasteiger partial charge is 0.220 e. The van der Waals surface area contributed by atoms with Crippen molar-refractivity contribution in [2.45, 2.75) is 334 Å². The van der Waals surface area contributed by atoms with Gasteiger partial charge in [-0.2, -0.15) is 0 Å². The first kappa shape index (κ1) is 62.6. The van der Waals surface area contributed by atoms with Crippen molar-refractivity contribution in [1.82, 2.24) is 5.32 Å². The molecule has 0 spiro atoms. The van der Waals surface area contributed by atoms with Gasteiger partial charge in [-0.3, -0.25) is 4.79 Å². The first-order chi connectivity index (χ1) is 31.7. The lowest BCUT2D eigenvalue weighted by molar-refractivity contribution is -0.123. The van der Waals surface area contributed by atoms with Crippen molar-refractivity contribution in [2.24, 2.45) is 0 Å². The molecule has 4 heteroatoms. The Bertz CT molecular complexity index is 974. The van der Waals surface area contributed by atoms with E-state index < -0.39 is 12.1 Å². The number of amides is 1. The van der Waals surface area contributed by atoms with Crippen LogP contribution in [0.1, 0.15) is 322 Å². The van der Waals surface area contributed by atoms with Crippen LogP contribution in [0.4, 0.5) is 0 Å². The molecule has 0 aromatic carbocycles. The molecule has 4 nitrogen and oxygen atoms in total. The molecule has 1 amide bonds. The maximum absolute atomic E-state index is 12.5. The van der Waals surface area contributed by atoms with Gasteiger partial charge in [0.25, 0.3) is 0 Å². The normalized spacial score (nSPS) is 13.0. The Balaban J connectivity index is 3.50.